The van der Waals surface area contributed by atoms with Crippen LogP contribution in [-0.4, -0.2) is 0 Å². The van der Waals surface area contributed by atoms with Crippen LogP contribution in [0, 0.1) is 6.92 Å². The molecular weight excluding hydrogens is 168 g/mol. The van der Waals surface area contributed by atoms with Crippen LogP contribution < -0.4 is 0 Å². The van der Waals surface area contributed by atoms with Crippen molar-refractivity contribution in [1.82, 2.24) is 0 Å². The monoisotopic (exact) mass is 186 g/mol. The van der Waals surface area contributed by atoms with Crippen LogP contribution in [0.25, 0.3) is 5.57 Å². The van der Waals surface area contributed by atoms with Gasteiger partial charge in [0.15, 0.2) is 0 Å². The second kappa shape index (κ2) is 4.00. The van der Waals surface area contributed by atoms with Crippen LogP contribution in [-0.2, 0) is 6.42 Å². The quantitative estimate of drug-likeness (QED) is 0.534. The molecule has 0 atom stereocenters. The van der Waals surface area contributed by atoms with E-state index in [1.807, 2.05) is 0 Å². The van der Waals surface area contributed by atoms with E-state index in [-0.39, 0.29) is 0 Å². The molecule has 0 saturated carbocycles. The smallest absolute Gasteiger partial charge is 0.0193 e. The first-order valence-electron chi connectivity index (χ1n) is 5.57. The lowest BCUT2D eigenvalue weighted by atomic mass is 9.95. The summed E-state index contributed by atoms with van der Waals surface area (Å²) in [6.07, 6.45) is 7.48. The lowest BCUT2D eigenvalue weighted by molar-refractivity contribution is 0.769. The van der Waals surface area contributed by atoms with E-state index in [4.69, 9.17) is 0 Å². The second-order valence-electron chi connectivity index (χ2n) is 4.12. The van der Waals surface area contributed by atoms with E-state index in [9.17, 15) is 0 Å². The Morgan fingerprint density at radius 3 is 2.71 bits per heavy atom. The Labute approximate surface area is 86.7 Å². The maximum Gasteiger partial charge on any atom is -0.0193 e. The minimum Gasteiger partial charge on any atom is -0.0838 e. The van der Waals surface area contributed by atoms with Gasteiger partial charge < -0.3 is 0 Å². The summed E-state index contributed by atoms with van der Waals surface area (Å²) < 4.78 is 0. The molecule has 0 N–H and O–H groups in total. The zero-order valence-corrected chi connectivity index (χ0v) is 9.14. The number of allylic oxidation sites excluding steroid dienone is 2. The SMILES string of the molecule is CC=C1CCCCc2c(C)cccc21. The molecule has 0 nitrogen and oxygen atoms in total. The predicted molar refractivity (Wildman–Crippen MR) is 62.4 cm³/mol. The molecule has 0 aliphatic heterocycles. The minimum absolute atomic E-state index is 1.26. The van der Waals surface area contributed by atoms with Crippen molar-refractivity contribution in [2.45, 2.75) is 39.5 Å². The Balaban J connectivity index is 2.55. The molecule has 0 heterocycles. The molecular formula is C14H18. The van der Waals surface area contributed by atoms with Gasteiger partial charge in [-0.05, 0) is 61.8 Å². The van der Waals surface area contributed by atoms with Crippen molar-refractivity contribution in [2.24, 2.45) is 0 Å². The van der Waals surface area contributed by atoms with E-state index in [2.05, 4.69) is 38.1 Å². The number of hydrogen-bond acceptors (Lipinski definition) is 0. The van der Waals surface area contributed by atoms with Crippen LogP contribution in [0.2, 0.25) is 0 Å². The maximum atomic E-state index is 2.28. The van der Waals surface area contributed by atoms with E-state index in [1.165, 1.54) is 36.8 Å². The Morgan fingerprint density at radius 2 is 1.93 bits per heavy atom. The molecule has 1 aliphatic carbocycles. The van der Waals surface area contributed by atoms with Gasteiger partial charge in [-0.3, -0.25) is 0 Å². The third-order valence-electron chi connectivity index (χ3n) is 3.23. The summed E-state index contributed by atoms with van der Waals surface area (Å²) in [5.74, 6) is 0. The van der Waals surface area contributed by atoms with Gasteiger partial charge in [-0.15, -0.1) is 0 Å². The molecule has 1 aliphatic rings. The number of hydrogen-bond donors (Lipinski definition) is 0. The van der Waals surface area contributed by atoms with Gasteiger partial charge in [-0.25, -0.2) is 0 Å². The van der Waals surface area contributed by atoms with Crippen molar-refractivity contribution < 1.29 is 0 Å². The third-order valence-corrected chi connectivity index (χ3v) is 3.23. The fourth-order valence-corrected chi connectivity index (χ4v) is 2.39. The molecule has 0 fully saturated rings. The number of benzene rings is 1. The van der Waals surface area contributed by atoms with Crippen molar-refractivity contribution >= 4 is 5.57 Å². The van der Waals surface area contributed by atoms with E-state index >= 15 is 0 Å². The van der Waals surface area contributed by atoms with Gasteiger partial charge in [0.2, 0.25) is 0 Å². The fraction of sp³-hybridized carbons (Fsp3) is 0.429. The molecule has 0 bridgehead atoms. The molecule has 74 valence electrons. The zero-order chi connectivity index (χ0) is 9.97. The van der Waals surface area contributed by atoms with E-state index in [0.29, 0.717) is 0 Å². The zero-order valence-electron chi connectivity index (χ0n) is 9.14. The van der Waals surface area contributed by atoms with Gasteiger partial charge in [0, 0.05) is 0 Å². The van der Waals surface area contributed by atoms with Crippen molar-refractivity contribution in [1.29, 1.82) is 0 Å². The fourth-order valence-electron chi connectivity index (χ4n) is 2.39. The van der Waals surface area contributed by atoms with Gasteiger partial charge in [0.25, 0.3) is 0 Å². The molecule has 0 unspecified atom stereocenters. The first-order valence-corrected chi connectivity index (χ1v) is 5.57. The van der Waals surface area contributed by atoms with Crippen molar-refractivity contribution in [3.05, 3.63) is 41.0 Å². The highest BCUT2D eigenvalue weighted by atomic mass is 14.2. The summed E-state index contributed by atoms with van der Waals surface area (Å²) in [6.45, 7) is 4.39. The normalized spacial score (nSPS) is 19.1. The highest BCUT2D eigenvalue weighted by molar-refractivity contribution is 5.69. The van der Waals surface area contributed by atoms with E-state index in [1.54, 1.807) is 11.1 Å². The van der Waals surface area contributed by atoms with Gasteiger partial charge in [-0.1, -0.05) is 24.3 Å². The van der Waals surface area contributed by atoms with Crippen molar-refractivity contribution in [2.75, 3.05) is 0 Å². The molecule has 14 heavy (non-hydrogen) atoms. The van der Waals surface area contributed by atoms with Crippen molar-refractivity contribution in [3.8, 4) is 0 Å². The first-order chi connectivity index (χ1) is 6.83. The summed E-state index contributed by atoms with van der Waals surface area (Å²) in [7, 11) is 0. The molecule has 0 saturated heterocycles. The molecule has 0 spiro atoms. The van der Waals surface area contributed by atoms with Crippen molar-refractivity contribution in [3.63, 3.8) is 0 Å². The molecule has 1 aromatic rings. The van der Waals surface area contributed by atoms with Gasteiger partial charge in [-0.2, -0.15) is 0 Å². The molecule has 0 amide bonds. The minimum atomic E-state index is 1.26. The average Bonchev–Trinajstić information content (AvgIpc) is 2.40. The van der Waals surface area contributed by atoms with Crippen LogP contribution in [0.4, 0.5) is 0 Å². The Hall–Kier alpha value is -1.04. The van der Waals surface area contributed by atoms with Crippen LogP contribution in [0.15, 0.2) is 24.3 Å². The van der Waals surface area contributed by atoms with Crippen LogP contribution in [0.5, 0.6) is 0 Å². The molecule has 0 heteroatoms. The Kier molecular flexibility index (Phi) is 2.72. The topological polar surface area (TPSA) is 0 Å². The lowest BCUT2D eigenvalue weighted by Gasteiger charge is -2.10. The average molecular weight is 186 g/mol. The van der Waals surface area contributed by atoms with Gasteiger partial charge in [0.05, 0.1) is 0 Å². The predicted octanol–water partition coefficient (Wildman–Crippen LogP) is 4.12. The van der Waals surface area contributed by atoms with Gasteiger partial charge in [0.1, 0.15) is 0 Å². The third kappa shape index (κ3) is 1.61. The van der Waals surface area contributed by atoms with Crippen LogP contribution in [0.3, 0.4) is 0 Å². The van der Waals surface area contributed by atoms with Crippen LogP contribution >= 0.6 is 0 Å². The number of rotatable bonds is 0. The summed E-state index contributed by atoms with van der Waals surface area (Å²) in [5.41, 5.74) is 6.09. The summed E-state index contributed by atoms with van der Waals surface area (Å²) in [6, 6.07) is 6.70. The maximum absolute atomic E-state index is 2.28. The summed E-state index contributed by atoms with van der Waals surface area (Å²) >= 11 is 0. The molecule has 1 aromatic carbocycles. The Morgan fingerprint density at radius 1 is 1.14 bits per heavy atom. The highest BCUT2D eigenvalue weighted by Gasteiger charge is 2.12. The standard InChI is InChI=1S/C14H18/c1-3-12-8-4-5-9-13-11(2)7-6-10-14(12)13/h3,6-7,10H,4-5,8-9H2,1-2H3. The summed E-state index contributed by atoms with van der Waals surface area (Å²) in [4.78, 5) is 0. The lowest BCUT2D eigenvalue weighted by Crippen LogP contribution is -1.93. The van der Waals surface area contributed by atoms with E-state index in [0.717, 1.165) is 0 Å². The molecule has 2 rings (SSSR count). The number of fused-ring (bicyclic) bond motifs is 1. The highest BCUT2D eigenvalue weighted by Crippen LogP contribution is 2.31. The largest absolute Gasteiger partial charge is 0.0838 e. The second-order valence-corrected chi connectivity index (χ2v) is 4.12. The number of aryl methyl sites for hydroxylation is 1. The molecule has 0 radical (unpaired) electrons. The van der Waals surface area contributed by atoms with E-state index < -0.39 is 0 Å². The first kappa shape index (κ1) is 9.51. The summed E-state index contributed by atoms with van der Waals surface area (Å²) in [5, 5.41) is 0. The molecule has 0 aromatic heterocycles. The Bertz CT molecular complexity index is 358. The van der Waals surface area contributed by atoms with Gasteiger partial charge >= 0.3 is 0 Å². The van der Waals surface area contributed by atoms with Crippen LogP contribution in [0.1, 0.15) is 42.9 Å².